The molecule has 4 aromatic rings. The van der Waals surface area contributed by atoms with E-state index < -0.39 is 11.7 Å². The van der Waals surface area contributed by atoms with E-state index in [2.05, 4.69) is 20.4 Å². The van der Waals surface area contributed by atoms with Gasteiger partial charge in [-0.1, -0.05) is 30.3 Å². The summed E-state index contributed by atoms with van der Waals surface area (Å²) in [7, 11) is 0. The van der Waals surface area contributed by atoms with E-state index in [0.29, 0.717) is 17.0 Å². The minimum atomic E-state index is -0.732. The molecular weight excluding hydrogens is 342 g/mol. The molecule has 4 rings (SSSR count). The van der Waals surface area contributed by atoms with Crippen molar-refractivity contribution in [1.29, 1.82) is 0 Å². The maximum absolute atomic E-state index is 12.5. The molecule has 1 aromatic carbocycles. The van der Waals surface area contributed by atoms with Crippen LogP contribution in [0.3, 0.4) is 0 Å². The molecule has 0 aliphatic rings. The maximum Gasteiger partial charge on any atom is 0.297 e. The van der Waals surface area contributed by atoms with Crippen molar-refractivity contribution >= 4 is 23.2 Å². The number of aromatic nitrogens is 4. The molecule has 0 saturated carbocycles. The number of benzene rings is 1. The van der Waals surface area contributed by atoms with Crippen LogP contribution in [0.5, 0.6) is 0 Å². The first kappa shape index (κ1) is 16.6. The Hall–Kier alpha value is -3.87. The minimum absolute atomic E-state index is 0.307. The Morgan fingerprint density at radius 2 is 1.81 bits per heavy atom. The molecule has 27 heavy (non-hydrogen) atoms. The van der Waals surface area contributed by atoms with Crippen molar-refractivity contribution in [2.24, 2.45) is 0 Å². The second-order valence-electron chi connectivity index (χ2n) is 5.99. The summed E-state index contributed by atoms with van der Waals surface area (Å²) < 4.78 is 1.49. The quantitative estimate of drug-likeness (QED) is 0.448. The summed E-state index contributed by atoms with van der Waals surface area (Å²) in [5.41, 5.74) is 3.53. The highest BCUT2D eigenvalue weighted by Gasteiger charge is 2.18. The van der Waals surface area contributed by atoms with Crippen LogP contribution in [0.15, 0.2) is 67.1 Å². The molecule has 0 saturated heterocycles. The van der Waals surface area contributed by atoms with Gasteiger partial charge < -0.3 is 5.32 Å². The molecule has 3 heterocycles. The predicted octanol–water partition coefficient (Wildman–Crippen LogP) is 2.92. The van der Waals surface area contributed by atoms with Crippen LogP contribution in [0.25, 0.3) is 16.8 Å². The number of ketones is 1. The van der Waals surface area contributed by atoms with E-state index in [1.54, 1.807) is 55.0 Å². The SMILES string of the molecule is Cc1cc2nccc(NC(=O)C(=O)c3ccc(-c4cccnc4)cc3)n2n1. The van der Waals surface area contributed by atoms with Crippen molar-refractivity contribution in [3.05, 3.63) is 78.4 Å². The van der Waals surface area contributed by atoms with Crippen molar-refractivity contribution in [3.8, 4) is 11.1 Å². The zero-order chi connectivity index (χ0) is 18.8. The zero-order valence-electron chi connectivity index (χ0n) is 14.5. The highest BCUT2D eigenvalue weighted by Crippen LogP contribution is 2.19. The second kappa shape index (κ2) is 6.80. The fourth-order valence-corrected chi connectivity index (χ4v) is 2.76. The maximum atomic E-state index is 12.5. The van der Waals surface area contributed by atoms with Gasteiger partial charge in [-0.2, -0.15) is 9.61 Å². The van der Waals surface area contributed by atoms with Crippen LogP contribution in [-0.2, 0) is 4.79 Å². The number of rotatable bonds is 4. The summed E-state index contributed by atoms with van der Waals surface area (Å²) in [5.74, 6) is -0.968. The largest absolute Gasteiger partial charge is 0.304 e. The van der Waals surface area contributed by atoms with E-state index in [1.807, 2.05) is 19.1 Å². The van der Waals surface area contributed by atoms with E-state index in [-0.39, 0.29) is 0 Å². The standard InChI is InChI=1S/C20H15N5O2/c1-13-11-18-22-10-8-17(25(18)24-13)23-20(27)19(26)15-6-4-14(5-7-15)16-3-2-9-21-12-16/h2-12H,1H3,(H,23,27). The van der Waals surface area contributed by atoms with Gasteiger partial charge in [0, 0.05) is 30.2 Å². The van der Waals surface area contributed by atoms with E-state index in [1.165, 1.54) is 4.52 Å². The van der Waals surface area contributed by atoms with Crippen LogP contribution in [0.4, 0.5) is 5.82 Å². The van der Waals surface area contributed by atoms with Crippen molar-refractivity contribution in [2.75, 3.05) is 5.32 Å². The van der Waals surface area contributed by atoms with Crippen LogP contribution in [0.2, 0.25) is 0 Å². The topological polar surface area (TPSA) is 89.2 Å². The van der Waals surface area contributed by atoms with Gasteiger partial charge in [-0.15, -0.1) is 0 Å². The molecule has 1 amide bonds. The Labute approximate surface area is 154 Å². The number of anilines is 1. The molecule has 0 spiro atoms. The lowest BCUT2D eigenvalue weighted by Crippen LogP contribution is -2.24. The molecule has 0 bridgehead atoms. The monoisotopic (exact) mass is 357 g/mol. The lowest BCUT2D eigenvalue weighted by molar-refractivity contribution is -0.112. The Balaban J connectivity index is 1.54. The second-order valence-corrected chi connectivity index (χ2v) is 5.99. The summed E-state index contributed by atoms with van der Waals surface area (Å²) >= 11 is 0. The summed E-state index contributed by atoms with van der Waals surface area (Å²) in [4.78, 5) is 33.1. The first-order valence-corrected chi connectivity index (χ1v) is 8.29. The van der Waals surface area contributed by atoms with E-state index >= 15 is 0 Å². The van der Waals surface area contributed by atoms with Crippen LogP contribution in [0, 0.1) is 6.92 Å². The fraction of sp³-hybridized carbons (Fsp3) is 0.0500. The average molecular weight is 357 g/mol. The number of fused-ring (bicyclic) bond motifs is 1. The number of nitrogens with one attached hydrogen (secondary N) is 1. The molecule has 7 nitrogen and oxygen atoms in total. The molecule has 3 aromatic heterocycles. The molecule has 1 N–H and O–H groups in total. The van der Waals surface area contributed by atoms with Crippen molar-refractivity contribution in [1.82, 2.24) is 19.6 Å². The van der Waals surface area contributed by atoms with Crippen LogP contribution >= 0.6 is 0 Å². The van der Waals surface area contributed by atoms with Gasteiger partial charge in [0.2, 0.25) is 0 Å². The third-order valence-electron chi connectivity index (χ3n) is 4.07. The van der Waals surface area contributed by atoms with E-state index in [4.69, 9.17) is 0 Å². The fourth-order valence-electron chi connectivity index (χ4n) is 2.76. The van der Waals surface area contributed by atoms with Gasteiger partial charge in [0.05, 0.1) is 5.69 Å². The van der Waals surface area contributed by atoms with Gasteiger partial charge in [0.25, 0.3) is 11.7 Å². The van der Waals surface area contributed by atoms with Crippen LogP contribution in [-0.4, -0.2) is 31.3 Å². The summed E-state index contributed by atoms with van der Waals surface area (Å²) in [6.07, 6.45) is 4.99. The summed E-state index contributed by atoms with van der Waals surface area (Å²) in [6.45, 7) is 1.83. The highest BCUT2D eigenvalue weighted by atomic mass is 16.2. The molecule has 0 radical (unpaired) electrons. The van der Waals surface area contributed by atoms with Crippen molar-refractivity contribution < 1.29 is 9.59 Å². The molecule has 0 aliphatic heterocycles. The van der Waals surface area contributed by atoms with E-state index in [9.17, 15) is 9.59 Å². The molecular formula is C20H15N5O2. The summed E-state index contributed by atoms with van der Waals surface area (Å²) in [5, 5.41) is 6.87. The highest BCUT2D eigenvalue weighted by molar-refractivity contribution is 6.46. The van der Waals surface area contributed by atoms with Gasteiger partial charge in [-0.25, -0.2) is 4.98 Å². The Kier molecular flexibility index (Phi) is 4.18. The minimum Gasteiger partial charge on any atom is -0.304 e. The Bertz CT molecular complexity index is 1130. The lowest BCUT2D eigenvalue weighted by Gasteiger charge is -2.07. The van der Waals surface area contributed by atoms with Crippen molar-refractivity contribution in [2.45, 2.75) is 6.92 Å². The van der Waals surface area contributed by atoms with Gasteiger partial charge >= 0.3 is 0 Å². The number of Topliss-reactive ketones (excluding diaryl/α,β-unsaturated/α-hetero) is 1. The normalized spacial score (nSPS) is 10.7. The average Bonchev–Trinajstić information content (AvgIpc) is 3.09. The lowest BCUT2D eigenvalue weighted by atomic mass is 10.0. The number of pyridine rings is 1. The number of nitrogens with zero attached hydrogens (tertiary/aromatic N) is 4. The third kappa shape index (κ3) is 3.30. The Morgan fingerprint density at radius 1 is 1.00 bits per heavy atom. The number of hydrogen-bond donors (Lipinski definition) is 1. The number of aryl methyl sites for hydroxylation is 1. The molecule has 0 atom stereocenters. The molecule has 7 heteroatoms. The molecule has 0 aliphatic carbocycles. The van der Waals surface area contributed by atoms with Gasteiger partial charge in [0.1, 0.15) is 5.82 Å². The van der Waals surface area contributed by atoms with Gasteiger partial charge in [0.15, 0.2) is 5.65 Å². The van der Waals surface area contributed by atoms with Crippen LogP contribution in [0.1, 0.15) is 16.1 Å². The number of carbonyl (C=O) groups is 2. The number of amides is 1. The number of carbonyl (C=O) groups excluding carboxylic acids is 2. The zero-order valence-corrected chi connectivity index (χ0v) is 14.5. The Morgan fingerprint density at radius 3 is 2.56 bits per heavy atom. The first-order valence-electron chi connectivity index (χ1n) is 8.29. The number of hydrogen-bond acceptors (Lipinski definition) is 5. The van der Waals surface area contributed by atoms with Crippen molar-refractivity contribution in [3.63, 3.8) is 0 Å². The smallest absolute Gasteiger partial charge is 0.297 e. The predicted molar refractivity (Wildman–Crippen MR) is 100 cm³/mol. The third-order valence-corrected chi connectivity index (χ3v) is 4.07. The van der Waals surface area contributed by atoms with Gasteiger partial charge in [-0.05, 0) is 30.2 Å². The summed E-state index contributed by atoms with van der Waals surface area (Å²) in [6, 6.07) is 14.0. The molecule has 132 valence electrons. The molecule has 0 fully saturated rings. The van der Waals surface area contributed by atoms with Gasteiger partial charge in [-0.3, -0.25) is 14.6 Å². The molecule has 0 unspecified atom stereocenters. The first-order chi connectivity index (χ1) is 13.1. The van der Waals surface area contributed by atoms with Crippen LogP contribution < -0.4 is 5.32 Å². The van der Waals surface area contributed by atoms with E-state index in [0.717, 1.165) is 16.8 Å².